The van der Waals surface area contributed by atoms with Gasteiger partial charge >= 0.3 is 5.97 Å². The van der Waals surface area contributed by atoms with E-state index in [4.69, 9.17) is 4.74 Å². The van der Waals surface area contributed by atoms with Crippen LogP contribution in [0.25, 0.3) is 16.9 Å². The molecule has 0 unspecified atom stereocenters. The molecule has 0 aliphatic heterocycles. The molecule has 3 aromatic rings. The molecule has 2 aromatic heterocycles. The second-order valence-electron chi connectivity index (χ2n) is 8.23. The summed E-state index contributed by atoms with van der Waals surface area (Å²) in [7, 11) is 1.34. The largest absolute Gasteiger partial charge is 0.469 e. The van der Waals surface area contributed by atoms with Crippen LogP contribution in [0.5, 0.6) is 0 Å². The van der Waals surface area contributed by atoms with Gasteiger partial charge in [-0.2, -0.15) is 5.10 Å². The highest BCUT2D eigenvalue weighted by atomic mass is 19.3. The van der Waals surface area contributed by atoms with Gasteiger partial charge in [0.05, 0.1) is 24.9 Å². The van der Waals surface area contributed by atoms with E-state index in [0.717, 1.165) is 25.7 Å². The number of fused-ring (bicyclic) bond motifs is 1. The van der Waals surface area contributed by atoms with E-state index in [1.54, 1.807) is 24.3 Å². The number of carbonyl (C=O) groups is 2. The predicted octanol–water partition coefficient (Wildman–Crippen LogP) is 4.58. The molecule has 7 nitrogen and oxygen atoms in total. The van der Waals surface area contributed by atoms with Gasteiger partial charge in [0.15, 0.2) is 5.65 Å². The number of halogens is 2. The smallest absolute Gasteiger partial charge is 0.310 e. The Bertz CT molecular complexity index is 1130. The summed E-state index contributed by atoms with van der Waals surface area (Å²) in [6.45, 7) is 0. The fraction of sp³-hybridized carbons (Fsp3) is 0.417. The second kappa shape index (κ2) is 10.1. The summed E-state index contributed by atoms with van der Waals surface area (Å²) in [5.41, 5.74) is 0.778. The summed E-state index contributed by atoms with van der Waals surface area (Å²) in [6, 6.07) is 9.84. The molecule has 1 saturated carbocycles. The first-order chi connectivity index (χ1) is 16.0. The molecule has 0 radical (unpaired) electrons. The van der Waals surface area contributed by atoms with Gasteiger partial charge < -0.3 is 10.1 Å². The number of nitrogens with zero attached hydrogens (tertiary/aromatic N) is 3. The lowest BCUT2D eigenvalue weighted by Gasteiger charge is -2.28. The number of benzene rings is 1. The van der Waals surface area contributed by atoms with Crippen molar-refractivity contribution in [3.8, 4) is 11.3 Å². The Morgan fingerprint density at radius 1 is 1.12 bits per heavy atom. The fourth-order valence-corrected chi connectivity index (χ4v) is 4.40. The molecular weight excluding hydrogens is 430 g/mol. The van der Waals surface area contributed by atoms with Crippen molar-refractivity contribution in [2.75, 3.05) is 7.11 Å². The number of carbonyl (C=O) groups excluding carboxylic acids is 2. The molecule has 0 spiro atoms. The molecule has 9 heteroatoms. The average molecular weight is 456 g/mol. The van der Waals surface area contributed by atoms with E-state index in [0.29, 0.717) is 24.1 Å². The van der Waals surface area contributed by atoms with Crippen molar-refractivity contribution >= 4 is 17.5 Å². The number of methoxy groups -OCH3 is 1. The van der Waals surface area contributed by atoms with E-state index >= 15 is 0 Å². The zero-order valence-electron chi connectivity index (χ0n) is 18.3. The van der Waals surface area contributed by atoms with Crippen molar-refractivity contribution in [2.24, 2.45) is 5.92 Å². The monoisotopic (exact) mass is 456 g/mol. The Hall–Kier alpha value is -3.36. The minimum absolute atomic E-state index is 0.0459. The van der Waals surface area contributed by atoms with Crippen LogP contribution in [-0.4, -0.2) is 39.6 Å². The van der Waals surface area contributed by atoms with Crippen LogP contribution in [0.4, 0.5) is 8.78 Å². The van der Waals surface area contributed by atoms with Gasteiger partial charge in [-0.15, -0.1) is 0 Å². The molecule has 1 aromatic carbocycles. The Kier molecular flexibility index (Phi) is 6.96. The summed E-state index contributed by atoms with van der Waals surface area (Å²) >= 11 is 0. The SMILES string of the molecule is COC(=O)[C@@H]1CCCCCC[C@@H]1NC(=O)c1cnn2c(-c3ccccc3)cc(C(F)F)nc12. The highest BCUT2D eigenvalue weighted by Gasteiger charge is 2.32. The first kappa shape index (κ1) is 22.8. The predicted molar refractivity (Wildman–Crippen MR) is 118 cm³/mol. The van der Waals surface area contributed by atoms with Gasteiger partial charge in [0.25, 0.3) is 12.3 Å². The molecule has 33 heavy (non-hydrogen) atoms. The van der Waals surface area contributed by atoms with Crippen molar-refractivity contribution in [2.45, 2.75) is 51.0 Å². The Morgan fingerprint density at radius 2 is 1.85 bits per heavy atom. The van der Waals surface area contributed by atoms with Crippen LogP contribution in [0.1, 0.15) is 61.0 Å². The molecule has 0 bridgehead atoms. The zero-order chi connectivity index (χ0) is 23.4. The van der Waals surface area contributed by atoms with Gasteiger partial charge in [-0.25, -0.2) is 18.3 Å². The lowest BCUT2D eigenvalue weighted by Crippen LogP contribution is -2.44. The number of aromatic nitrogens is 3. The van der Waals surface area contributed by atoms with Crippen LogP contribution in [0.3, 0.4) is 0 Å². The normalized spacial score (nSPS) is 19.2. The highest BCUT2D eigenvalue weighted by Crippen LogP contribution is 2.28. The van der Waals surface area contributed by atoms with E-state index in [1.807, 2.05) is 6.07 Å². The average Bonchev–Trinajstić information content (AvgIpc) is 3.24. The first-order valence-corrected chi connectivity index (χ1v) is 11.1. The third kappa shape index (κ3) is 4.86. The molecule has 1 N–H and O–H groups in total. The molecule has 1 fully saturated rings. The van der Waals surface area contributed by atoms with Crippen LogP contribution in [0.15, 0.2) is 42.6 Å². The summed E-state index contributed by atoms with van der Waals surface area (Å²) in [4.78, 5) is 29.6. The number of nitrogens with one attached hydrogen (secondary N) is 1. The molecule has 1 aliphatic carbocycles. The van der Waals surface area contributed by atoms with Gasteiger partial charge in [-0.1, -0.05) is 56.0 Å². The lowest BCUT2D eigenvalue weighted by molar-refractivity contribution is -0.146. The Morgan fingerprint density at radius 3 is 2.55 bits per heavy atom. The third-order valence-corrected chi connectivity index (χ3v) is 6.12. The van der Waals surface area contributed by atoms with Gasteiger partial charge in [-0.3, -0.25) is 9.59 Å². The molecule has 4 rings (SSSR count). The second-order valence-corrected chi connectivity index (χ2v) is 8.23. The molecule has 2 heterocycles. The summed E-state index contributed by atoms with van der Waals surface area (Å²) in [5.74, 6) is -1.31. The molecule has 1 amide bonds. The molecular formula is C24H26F2N4O3. The van der Waals surface area contributed by atoms with Gasteiger partial charge in [0, 0.05) is 11.6 Å². The third-order valence-electron chi connectivity index (χ3n) is 6.12. The summed E-state index contributed by atoms with van der Waals surface area (Å²) < 4.78 is 33.6. The standard InChI is InChI=1S/C24H26F2N4O3/c1-33-24(32)16-11-7-2-3-8-12-18(16)29-23(31)17-14-27-30-20(15-9-5-4-6-10-15)13-19(21(25)26)28-22(17)30/h4-6,9-10,13-14,16,18,21H,2-3,7-8,11-12H2,1H3,(H,29,31)/t16-,18+/m1/s1. The van der Waals surface area contributed by atoms with Gasteiger partial charge in [-0.05, 0) is 18.9 Å². The number of esters is 1. The molecule has 2 atom stereocenters. The number of hydrogen-bond donors (Lipinski definition) is 1. The van der Waals surface area contributed by atoms with Crippen molar-refractivity contribution in [1.82, 2.24) is 19.9 Å². The first-order valence-electron chi connectivity index (χ1n) is 11.1. The maximum atomic E-state index is 13.6. The minimum Gasteiger partial charge on any atom is -0.469 e. The van der Waals surface area contributed by atoms with Crippen molar-refractivity contribution in [3.63, 3.8) is 0 Å². The quantitative estimate of drug-likeness (QED) is 0.568. The van der Waals surface area contributed by atoms with Crippen LogP contribution in [-0.2, 0) is 9.53 Å². The van der Waals surface area contributed by atoms with Crippen LogP contribution in [0.2, 0.25) is 0 Å². The zero-order valence-corrected chi connectivity index (χ0v) is 18.3. The molecule has 1 aliphatic rings. The molecule has 174 valence electrons. The van der Waals surface area contributed by atoms with Crippen LogP contribution >= 0.6 is 0 Å². The van der Waals surface area contributed by atoms with E-state index in [9.17, 15) is 18.4 Å². The lowest BCUT2D eigenvalue weighted by atomic mass is 9.86. The number of hydrogen-bond acceptors (Lipinski definition) is 5. The maximum absolute atomic E-state index is 13.6. The van der Waals surface area contributed by atoms with Gasteiger partial charge in [0.2, 0.25) is 0 Å². The van der Waals surface area contributed by atoms with Gasteiger partial charge in [0.1, 0.15) is 11.3 Å². The Balaban J connectivity index is 1.71. The van der Waals surface area contributed by atoms with E-state index in [2.05, 4.69) is 15.4 Å². The molecule has 0 saturated heterocycles. The number of rotatable bonds is 5. The van der Waals surface area contributed by atoms with Crippen molar-refractivity contribution < 1.29 is 23.1 Å². The maximum Gasteiger partial charge on any atom is 0.310 e. The highest BCUT2D eigenvalue weighted by molar-refractivity contribution is 6.00. The van der Waals surface area contributed by atoms with Crippen molar-refractivity contribution in [1.29, 1.82) is 0 Å². The summed E-state index contributed by atoms with van der Waals surface area (Å²) in [6.07, 6.45) is 3.59. The number of amides is 1. The van der Waals surface area contributed by atoms with E-state index < -0.39 is 30.0 Å². The van der Waals surface area contributed by atoms with E-state index in [1.165, 1.54) is 23.9 Å². The van der Waals surface area contributed by atoms with Crippen LogP contribution < -0.4 is 5.32 Å². The Labute approximate surface area is 190 Å². The van der Waals surface area contributed by atoms with E-state index in [-0.39, 0.29) is 17.2 Å². The fourth-order valence-electron chi connectivity index (χ4n) is 4.40. The topological polar surface area (TPSA) is 85.6 Å². The minimum atomic E-state index is -2.81. The number of ether oxygens (including phenoxy) is 1. The number of alkyl halides is 2. The van der Waals surface area contributed by atoms with Crippen LogP contribution in [0, 0.1) is 5.92 Å². The summed E-state index contributed by atoms with van der Waals surface area (Å²) in [5, 5.41) is 7.20. The van der Waals surface area contributed by atoms with Crippen molar-refractivity contribution in [3.05, 3.63) is 53.9 Å².